The van der Waals surface area contributed by atoms with Crippen LogP contribution in [0.15, 0.2) is 257 Å². The molecule has 0 unspecified atom stereocenters. The lowest BCUT2D eigenvalue weighted by Crippen LogP contribution is -2.21. The maximum atomic E-state index is 13.9. The number of phenolic OH excluding ortho intramolecular Hbond substituents is 1. The number of H-pyrrole nitrogens is 9. The Morgan fingerprint density at radius 1 is 0.285 bits per heavy atom. The summed E-state index contributed by atoms with van der Waals surface area (Å²) in [6.45, 7) is 61.6. The van der Waals surface area contributed by atoms with E-state index in [1.807, 2.05) is 114 Å². The second-order valence-corrected chi connectivity index (χ2v) is 45.2. The van der Waals surface area contributed by atoms with Crippen LogP contribution in [0.2, 0.25) is 0 Å². The molecule has 0 fully saturated rings. The van der Waals surface area contributed by atoms with E-state index >= 15 is 0 Å². The number of aromatic amines is 9. The molecule has 0 bridgehead atoms. The van der Waals surface area contributed by atoms with Crippen molar-refractivity contribution in [3.8, 4) is 112 Å². The summed E-state index contributed by atoms with van der Waals surface area (Å²) in [4.78, 5) is 2.12. The van der Waals surface area contributed by atoms with E-state index in [0.717, 1.165) is 119 Å². The van der Waals surface area contributed by atoms with E-state index in [-0.39, 0.29) is 60.4 Å². The van der Waals surface area contributed by atoms with Gasteiger partial charge in [0.15, 0.2) is 0 Å². The predicted octanol–water partition coefficient (Wildman–Crippen LogP) is 28.5. The van der Waals surface area contributed by atoms with Crippen molar-refractivity contribution < 1.29 is 28.1 Å². The average molecular weight is 1950 g/mol. The zero-order chi connectivity index (χ0) is 106. The molecule has 0 saturated carbocycles. The van der Waals surface area contributed by atoms with Crippen LogP contribution in [0.4, 0.5) is 14.6 Å². The number of benzene rings is 8. The van der Waals surface area contributed by atoms with Crippen molar-refractivity contribution in [3.05, 3.63) is 324 Å². The molecule has 0 aliphatic heterocycles. The van der Waals surface area contributed by atoms with E-state index in [4.69, 9.17) is 19.9 Å². The van der Waals surface area contributed by atoms with Crippen molar-refractivity contribution in [1.29, 1.82) is 0 Å². The second kappa shape index (κ2) is 49.0. The number of nitrogens with one attached hydrogen (secondary N) is 9. The van der Waals surface area contributed by atoms with Crippen molar-refractivity contribution in [1.82, 2.24) is 96.7 Å². The van der Waals surface area contributed by atoms with Gasteiger partial charge in [0.2, 0.25) is 0 Å². The predicted molar refractivity (Wildman–Crippen MR) is 587 cm³/mol. The Morgan fingerprint density at radius 2 is 0.618 bits per heavy atom. The molecule has 0 aliphatic carbocycles. The monoisotopic (exact) mass is 1950 g/mol. The molecule has 12 N–H and O–H groups in total. The molecule has 8 aromatic carbocycles. The van der Waals surface area contributed by atoms with Gasteiger partial charge in [-0.3, -0.25) is 45.9 Å². The number of halogens is 2. The molecule has 24 nitrogen and oxygen atoms in total. The first-order valence-electron chi connectivity index (χ1n) is 48.6. The number of rotatable bonds is 14. The number of likely N-dealkylation sites (N-methyl/N-ethyl adjacent to an activating group) is 1. The SMILES string of the molecule is CC(C)(C)c1ccc(-c2cn[nH]c2)c(F)c1.CC(C)(C)c1ccc(-c2cn[nH]c2)cc1F.CC(C)(C)c1ccc(-c2cn[nH]c2)cc1O.CC(C)(C)c1ccc(-c2cn[nH]c2N)cc1.CC(C)(C)c1cn[nH]c1.CN(C)CCOc1cc(-c2cn[nH]c2)ccc1C(C)(C)C.COc1cc(-c2cn[nH]c2)ccc1C(C)(C)C.COc1cc(C(C)(C)C)ccc1-c1cn[nH]c1.Cc1[nH]ncc1-c1ccc(C(C)(C)C)cc1. The number of hydrogen-bond acceptors (Lipinski definition) is 15. The number of aromatic nitrogens is 18. The fourth-order valence-electron chi connectivity index (χ4n) is 15.1. The minimum atomic E-state index is -0.200. The van der Waals surface area contributed by atoms with Crippen molar-refractivity contribution >= 4 is 5.82 Å². The van der Waals surface area contributed by atoms with E-state index in [9.17, 15) is 13.9 Å². The Kier molecular flexibility index (Phi) is 38.5. The van der Waals surface area contributed by atoms with Crippen LogP contribution in [-0.2, 0) is 48.7 Å². The fourth-order valence-corrected chi connectivity index (χ4v) is 15.1. The van der Waals surface area contributed by atoms with Crippen LogP contribution in [0.3, 0.4) is 0 Å². The molecule has 764 valence electrons. The standard InChI is InChI=1S/C17H25N3O.2C14H18N2O.C14H18N2.2C13H15FN2.C13H17N3.C13H16N2O.C7H12N2/c1-17(2,3)15-7-6-13(14-11-18-19-12-14)10-16(15)21-9-8-20(4)5;1-14(2,3)11-5-6-12(13(7-11)17-4)10-8-15-16-9-10;1-14(2,3)12-6-5-10(7-13(12)17-4)11-8-15-16-9-11;1-10-13(9-15-16-10)11-5-7-12(8-6-11)14(2,3)4;1-13(2,3)10-4-5-11(12(14)6-10)9-7-15-16-8-9;1-13(2,3)11-5-4-9(6-12(11)14)10-7-15-16-8-10;1-13(2,3)10-6-4-9(5-7-10)11-8-15-16-12(11)14;1-13(2,3)11-5-4-9(6-12(11)16)10-7-14-15-8-10;1-7(2,3)6-4-8-9-5-6/h6-7,10-12H,8-9H2,1-5H3,(H,18,19);2*5-9H,1-4H3,(H,15,16);5-9H,1-4H3,(H,15,16);2*4-8H,1-3H3,(H,15,16);4-8H,1-3H3,(H3,14,15,16);4-8,16H,1-3H3,(H,14,15);4-5H,1-3H3,(H,8,9). The number of phenols is 1. The highest BCUT2D eigenvalue weighted by molar-refractivity contribution is 5.75. The molecule has 9 aromatic heterocycles. The second-order valence-electron chi connectivity index (χ2n) is 45.2. The third-order valence-corrected chi connectivity index (χ3v) is 24.0. The molecule has 26 heteroatoms. The molecular formula is C118H154F2N20O4. The molecule has 0 aliphatic rings. The van der Waals surface area contributed by atoms with Gasteiger partial charge in [0.1, 0.15) is 47.1 Å². The lowest BCUT2D eigenvalue weighted by molar-refractivity contribution is 0.257. The maximum absolute atomic E-state index is 13.9. The number of nitrogens with zero attached hydrogens (tertiary/aromatic N) is 10. The molecule has 144 heavy (non-hydrogen) atoms. The minimum Gasteiger partial charge on any atom is -0.508 e. The summed E-state index contributed by atoms with van der Waals surface area (Å²) >= 11 is 0. The number of nitrogens with two attached hydrogens (primary N) is 1. The van der Waals surface area contributed by atoms with Crippen LogP contribution in [0, 0.1) is 18.6 Å². The number of nitrogen functional groups attached to an aromatic ring is 1. The number of anilines is 1. The highest BCUT2D eigenvalue weighted by atomic mass is 19.1. The van der Waals surface area contributed by atoms with Gasteiger partial charge in [-0.25, -0.2) is 8.78 Å². The molecule has 17 aromatic rings. The number of hydrogen-bond donors (Lipinski definition) is 11. The summed E-state index contributed by atoms with van der Waals surface area (Å²) in [6.07, 6.45) is 28.8. The van der Waals surface area contributed by atoms with Gasteiger partial charge in [-0.05, 0) is 190 Å². The molecule has 0 amide bonds. The number of aryl methyl sites for hydroxylation is 1. The zero-order valence-corrected chi connectivity index (χ0v) is 90.6. The van der Waals surface area contributed by atoms with Crippen LogP contribution in [0.1, 0.15) is 243 Å². The largest absolute Gasteiger partial charge is 0.508 e. The first-order chi connectivity index (χ1) is 67.4. The number of methoxy groups -OCH3 is 2. The molecule has 0 atom stereocenters. The molecule has 0 saturated heterocycles. The van der Waals surface area contributed by atoms with Gasteiger partial charge in [-0.1, -0.05) is 308 Å². The lowest BCUT2D eigenvalue weighted by Gasteiger charge is -2.24. The van der Waals surface area contributed by atoms with Gasteiger partial charge in [-0.2, -0.15) is 45.9 Å². The Labute approximate surface area is 851 Å². The summed E-state index contributed by atoms with van der Waals surface area (Å²) in [5.41, 5.74) is 33.9. The Balaban J connectivity index is 0.000000181. The first kappa shape index (κ1) is 113. The third kappa shape index (κ3) is 33.0. The van der Waals surface area contributed by atoms with Crippen molar-refractivity contribution in [2.45, 2.75) is 243 Å². The average Bonchev–Trinajstić information content (AvgIpc) is 1.40. The van der Waals surface area contributed by atoms with Crippen LogP contribution >= 0.6 is 0 Å². The number of aromatic hydroxyl groups is 1. The summed E-state index contributed by atoms with van der Waals surface area (Å²) in [6, 6.07) is 52.7. The smallest absolute Gasteiger partial charge is 0.131 e. The van der Waals surface area contributed by atoms with Gasteiger partial charge in [0.25, 0.3) is 0 Å². The Hall–Kier alpha value is -14.5. The summed E-state index contributed by atoms with van der Waals surface area (Å²) in [7, 11) is 7.51. The molecule has 0 spiro atoms. The molecule has 17 rings (SSSR count). The van der Waals surface area contributed by atoms with Gasteiger partial charge in [0.05, 0.1) is 70.0 Å². The normalized spacial score (nSPS) is 11.7. The van der Waals surface area contributed by atoms with Crippen molar-refractivity contribution in [2.24, 2.45) is 0 Å². The van der Waals surface area contributed by atoms with Gasteiger partial charge in [-0.15, -0.1) is 0 Å². The van der Waals surface area contributed by atoms with Gasteiger partial charge in [0, 0.05) is 111 Å². The summed E-state index contributed by atoms with van der Waals surface area (Å²) in [5.74, 6) is 3.37. The zero-order valence-electron chi connectivity index (χ0n) is 90.6. The first-order valence-corrected chi connectivity index (χ1v) is 48.6. The Bertz CT molecular complexity index is 6480. The maximum Gasteiger partial charge on any atom is 0.131 e. The van der Waals surface area contributed by atoms with Crippen LogP contribution in [-0.4, -0.2) is 143 Å². The molecular weight excluding hydrogens is 1800 g/mol. The van der Waals surface area contributed by atoms with Gasteiger partial charge < -0.3 is 30.0 Å². The minimum absolute atomic E-state index is 0.0320. The summed E-state index contributed by atoms with van der Waals surface area (Å²) < 4.78 is 44.8. The van der Waals surface area contributed by atoms with E-state index < -0.39 is 0 Å². The van der Waals surface area contributed by atoms with Crippen molar-refractivity contribution in [3.63, 3.8) is 0 Å². The Morgan fingerprint density at radius 3 is 0.958 bits per heavy atom. The molecule has 0 radical (unpaired) electrons. The van der Waals surface area contributed by atoms with Crippen LogP contribution < -0.4 is 19.9 Å². The lowest BCUT2D eigenvalue weighted by atomic mass is 9.85. The van der Waals surface area contributed by atoms with E-state index in [1.165, 1.54) is 44.5 Å². The van der Waals surface area contributed by atoms with Crippen LogP contribution in [0.5, 0.6) is 23.0 Å². The van der Waals surface area contributed by atoms with Crippen LogP contribution in [0.25, 0.3) is 89.0 Å². The fraction of sp³-hybridized carbons (Fsp3) is 0.364. The van der Waals surface area contributed by atoms with E-state index in [2.05, 4.69) is 380 Å². The highest BCUT2D eigenvalue weighted by Crippen LogP contribution is 2.41. The summed E-state index contributed by atoms with van der Waals surface area (Å²) in [5, 5.41) is 70.5. The number of ether oxygens (including phenoxy) is 3. The third-order valence-electron chi connectivity index (χ3n) is 24.0. The topological polar surface area (TPSA) is 335 Å². The van der Waals surface area contributed by atoms with E-state index in [1.54, 1.807) is 81.9 Å². The van der Waals surface area contributed by atoms with E-state index in [0.29, 0.717) is 23.7 Å². The van der Waals surface area contributed by atoms with Crippen molar-refractivity contribution in [2.75, 3.05) is 47.2 Å². The quantitative estimate of drug-likeness (QED) is 0.0482. The van der Waals surface area contributed by atoms with Gasteiger partial charge >= 0.3 is 0 Å². The highest BCUT2D eigenvalue weighted by Gasteiger charge is 2.27. The molecule has 9 heterocycles.